The van der Waals surface area contributed by atoms with Crippen LogP contribution in [0.3, 0.4) is 0 Å². The van der Waals surface area contributed by atoms with Crippen molar-refractivity contribution in [3.8, 4) is 0 Å². The second-order valence-corrected chi connectivity index (χ2v) is 5.32. The van der Waals surface area contributed by atoms with E-state index in [4.69, 9.17) is 4.74 Å². The van der Waals surface area contributed by atoms with Gasteiger partial charge in [-0.2, -0.15) is 5.01 Å². The maximum Gasteiger partial charge on any atom is 0.270 e. The Labute approximate surface area is 120 Å². The molecule has 0 unspecified atom stereocenters. The molecule has 6 nitrogen and oxygen atoms in total. The monoisotopic (exact) mass is 284 g/mol. The van der Waals surface area contributed by atoms with Gasteiger partial charge in [-0.1, -0.05) is 30.4 Å². The summed E-state index contributed by atoms with van der Waals surface area (Å²) >= 11 is 0. The molecule has 2 bridgehead atoms. The van der Waals surface area contributed by atoms with Crippen LogP contribution in [-0.4, -0.2) is 34.9 Å². The van der Waals surface area contributed by atoms with Crippen molar-refractivity contribution in [1.82, 2.24) is 10.4 Å². The number of nitrogens with one attached hydrogen (secondary N) is 1. The fraction of sp³-hybridized carbons (Fsp3) is 0.267. The van der Waals surface area contributed by atoms with E-state index in [1.54, 1.807) is 42.5 Å². The van der Waals surface area contributed by atoms with Gasteiger partial charge in [-0.25, -0.2) is 0 Å². The Kier molecular flexibility index (Phi) is 2.49. The number of ether oxygens (including phenoxy) is 1. The number of fused-ring (bicyclic) bond motifs is 5. The molecule has 6 heteroatoms. The third kappa shape index (κ3) is 1.66. The van der Waals surface area contributed by atoms with Crippen molar-refractivity contribution >= 4 is 17.7 Å². The number of hydrazine groups is 1. The summed E-state index contributed by atoms with van der Waals surface area (Å²) in [5.74, 6) is -2.29. The van der Waals surface area contributed by atoms with Gasteiger partial charge in [-0.15, -0.1) is 0 Å². The molecule has 1 aromatic rings. The highest BCUT2D eigenvalue weighted by molar-refractivity contribution is 6.09. The van der Waals surface area contributed by atoms with Crippen molar-refractivity contribution < 1.29 is 19.1 Å². The molecule has 1 aromatic carbocycles. The molecule has 2 saturated heterocycles. The number of rotatable bonds is 2. The molecule has 2 fully saturated rings. The van der Waals surface area contributed by atoms with Gasteiger partial charge in [-0.3, -0.25) is 19.8 Å². The van der Waals surface area contributed by atoms with E-state index in [2.05, 4.69) is 5.43 Å². The SMILES string of the molecule is O=C(NN1C(=O)[C@@H]2[C@@H](C1=O)[C@H]1C=C[C@H]2O1)c1ccccc1. The lowest BCUT2D eigenvalue weighted by Gasteiger charge is -2.18. The van der Waals surface area contributed by atoms with Crippen molar-refractivity contribution in [2.45, 2.75) is 12.2 Å². The van der Waals surface area contributed by atoms with Crippen LogP contribution in [-0.2, 0) is 14.3 Å². The summed E-state index contributed by atoms with van der Waals surface area (Å²) in [6.07, 6.45) is 2.91. The Morgan fingerprint density at radius 3 is 2.14 bits per heavy atom. The summed E-state index contributed by atoms with van der Waals surface area (Å²) in [6.45, 7) is 0. The van der Waals surface area contributed by atoms with E-state index in [1.807, 2.05) is 0 Å². The molecule has 0 radical (unpaired) electrons. The average Bonchev–Trinajstić information content (AvgIpc) is 3.18. The molecule has 4 atom stereocenters. The van der Waals surface area contributed by atoms with E-state index in [0.717, 1.165) is 5.01 Å². The van der Waals surface area contributed by atoms with Crippen LogP contribution in [0.4, 0.5) is 0 Å². The van der Waals surface area contributed by atoms with E-state index in [0.29, 0.717) is 5.56 Å². The lowest BCUT2D eigenvalue weighted by atomic mass is 9.85. The van der Waals surface area contributed by atoms with Gasteiger partial charge in [0.1, 0.15) is 0 Å². The molecule has 106 valence electrons. The first kappa shape index (κ1) is 12.3. The second kappa shape index (κ2) is 4.26. The van der Waals surface area contributed by atoms with Crippen LogP contribution in [0.2, 0.25) is 0 Å². The number of benzene rings is 1. The van der Waals surface area contributed by atoms with Crippen molar-refractivity contribution in [2.24, 2.45) is 11.8 Å². The number of carbonyl (C=O) groups is 3. The Hall–Kier alpha value is -2.47. The van der Waals surface area contributed by atoms with Crippen LogP contribution >= 0.6 is 0 Å². The maximum absolute atomic E-state index is 12.3. The molecule has 0 aliphatic carbocycles. The van der Waals surface area contributed by atoms with Gasteiger partial charge in [0.15, 0.2) is 0 Å². The van der Waals surface area contributed by atoms with Gasteiger partial charge in [0.05, 0.1) is 24.0 Å². The zero-order valence-corrected chi connectivity index (χ0v) is 10.9. The molecule has 21 heavy (non-hydrogen) atoms. The Morgan fingerprint density at radius 1 is 1.00 bits per heavy atom. The van der Waals surface area contributed by atoms with Gasteiger partial charge in [0, 0.05) is 5.56 Å². The Bertz CT molecular complexity index is 640. The Balaban J connectivity index is 1.56. The minimum atomic E-state index is -0.511. The number of imide groups is 1. The molecule has 3 aliphatic rings. The zero-order chi connectivity index (χ0) is 14.6. The fourth-order valence-electron chi connectivity index (χ4n) is 3.17. The smallest absolute Gasteiger partial charge is 0.270 e. The van der Waals surface area contributed by atoms with Gasteiger partial charge < -0.3 is 4.74 Å². The molecule has 3 amide bonds. The summed E-state index contributed by atoms with van der Waals surface area (Å²) in [4.78, 5) is 36.7. The van der Waals surface area contributed by atoms with E-state index in [9.17, 15) is 14.4 Å². The molecule has 0 aromatic heterocycles. The molecule has 3 aliphatic heterocycles. The largest absolute Gasteiger partial charge is 0.365 e. The lowest BCUT2D eigenvalue weighted by molar-refractivity contribution is -0.145. The molecule has 0 saturated carbocycles. The standard InChI is InChI=1S/C15H12N2O4/c18-13(8-4-2-1-3-5-8)16-17-14(19)11-9-6-7-10(21-9)12(11)15(17)20/h1-7,9-12H,(H,16,18)/t9-,10-,11+,12+/m1/s1. The third-order valence-electron chi connectivity index (χ3n) is 4.16. The van der Waals surface area contributed by atoms with Crippen LogP contribution in [0.25, 0.3) is 0 Å². The molecule has 3 heterocycles. The first-order valence-corrected chi connectivity index (χ1v) is 6.74. The number of carbonyl (C=O) groups excluding carboxylic acids is 3. The molecule has 0 spiro atoms. The highest BCUT2D eigenvalue weighted by Gasteiger charge is 2.61. The number of hydrogen-bond donors (Lipinski definition) is 1. The molecular formula is C15H12N2O4. The summed E-state index contributed by atoms with van der Waals surface area (Å²) in [6, 6.07) is 8.46. The third-order valence-corrected chi connectivity index (χ3v) is 4.16. The second-order valence-electron chi connectivity index (χ2n) is 5.32. The first-order valence-electron chi connectivity index (χ1n) is 6.74. The number of nitrogens with zero attached hydrogens (tertiary/aromatic N) is 1. The van der Waals surface area contributed by atoms with Gasteiger partial charge in [-0.05, 0) is 12.1 Å². The number of amides is 3. The topological polar surface area (TPSA) is 75.7 Å². The highest BCUT2D eigenvalue weighted by Crippen LogP contribution is 2.44. The van der Waals surface area contributed by atoms with Crippen LogP contribution in [0, 0.1) is 11.8 Å². The van der Waals surface area contributed by atoms with Crippen LogP contribution in [0.5, 0.6) is 0 Å². The molecule has 4 rings (SSSR count). The highest BCUT2D eigenvalue weighted by atomic mass is 16.5. The van der Waals surface area contributed by atoms with Crippen LogP contribution in [0.1, 0.15) is 10.4 Å². The van der Waals surface area contributed by atoms with Crippen molar-refractivity contribution in [1.29, 1.82) is 0 Å². The van der Waals surface area contributed by atoms with E-state index >= 15 is 0 Å². The van der Waals surface area contributed by atoms with E-state index in [-0.39, 0.29) is 12.2 Å². The van der Waals surface area contributed by atoms with E-state index in [1.165, 1.54) is 0 Å². The fourth-order valence-corrected chi connectivity index (χ4v) is 3.17. The van der Waals surface area contributed by atoms with E-state index < -0.39 is 29.6 Å². The van der Waals surface area contributed by atoms with Gasteiger partial charge in [0.25, 0.3) is 17.7 Å². The summed E-state index contributed by atoms with van der Waals surface area (Å²) < 4.78 is 5.53. The summed E-state index contributed by atoms with van der Waals surface area (Å²) in [5.41, 5.74) is 2.80. The van der Waals surface area contributed by atoms with Gasteiger partial charge >= 0.3 is 0 Å². The quantitative estimate of drug-likeness (QED) is 0.625. The minimum Gasteiger partial charge on any atom is -0.365 e. The lowest BCUT2D eigenvalue weighted by Crippen LogP contribution is -2.47. The Morgan fingerprint density at radius 2 is 1.57 bits per heavy atom. The molecule has 1 N–H and O–H groups in total. The average molecular weight is 284 g/mol. The number of hydrogen-bond acceptors (Lipinski definition) is 4. The normalized spacial score (nSPS) is 32.7. The summed E-state index contributed by atoms with van der Waals surface area (Å²) in [5, 5.41) is 0.847. The van der Waals surface area contributed by atoms with Crippen molar-refractivity contribution in [2.75, 3.05) is 0 Å². The predicted molar refractivity (Wildman–Crippen MR) is 70.5 cm³/mol. The minimum absolute atomic E-state index is 0.352. The van der Waals surface area contributed by atoms with Crippen molar-refractivity contribution in [3.63, 3.8) is 0 Å². The van der Waals surface area contributed by atoms with Crippen molar-refractivity contribution in [3.05, 3.63) is 48.0 Å². The van der Waals surface area contributed by atoms with Gasteiger partial charge in [0.2, 0.25) is 0 Å². The van der Waals surface area contributed by atoms with Crippen LogP contribution < -0.4 is 5.43 Å². The van der Waals surface area contributed by atoms with Crippen LogP contribution in [0.15, 0.2) is 42.5 Å². The maximum atomic E-state index is 12.3. The predicted octanol–water partition coefficient (Wildman–Crippen LogP) is 0.270. The zero-order valence-electron chi connectivity index (χ0n) is 10.9. The molecular weight excluding hydrogens is 272 g/mol. The summed E-state index contributed by atoms with van der Waals surface area (Å²) in [7, 11) is 0. The first-order chi connectivity index (χ1) is 10.2.